The minimum atomic E-state index is 0. The van der Waals surface area contributed by atoms with Gasteiger partial charge in [0.05, 0.1) is 0 Å². The van der Waals surface area contributed by atoms with Gasteiger partial charge in [0, 0.05) is 0 Å². The summed E-state index contributed by atoms with van der Waals surface area (Å²) in [6.07, 6.45) is 8.70. The number of allylic oxidation sites excluding steroid dienone is 4. The smallest absolute Gasteiger partial charge is 0.0253 e. The fraction of sp³-hybridized carbons (Fsp3) is 0.308. The first-order chi connectivity index (χ1) is 18.8. The van der Waals surface area contributed by atoms with Crippen LogP contribution in [0.25, 0.3) is 21.9 Å². The summed E-state index contributed by atoms with van der Waals surface area (Å²) in [7, 11) is 0. The molecule has 0 heterocycles. The molecule has 0 aromatic heterocycles. The van der Waals surface area contributed by atoms with E-state index >= 15 is 0 Å². The summed E-state index contributed by atoms with van der Waals surface area (Å²) >= 11 is 1.50. The van der Waals surface area contributed by atoms with Gasteiger partial charge in [-0.2, -0.15) is 34.9 Å². The average Bonchev–Trinajstić information content (AvgIpc) is 3.48. The topological polar surface area (TPSA) is 0 Å². The second-order valence-corrected chi connectivity index (χ2v) is 14.2. The maximum atomic E-state index is 3.54. The molecule has 0 spiro atoms. The molecule has 1 unspecified atom stereocenters. The van der Waals surface area contributed by atoms with Gasteiger partial charge in [0.1, 0.15) is 0 Å². The third-order valence-corrected chi connectivity index (χ3v) is 8.68. The van der Waals surface area contributed by atoms with E-state index in [2.05, 4.69) is 147 Å². The van der Waals surface area contributed by atoms with Gasteiger partial charge in [-0.3, -0.25) is 6.08 Å². The molecule has 2 aliphatic rings. The van der Waals surface area contributed by atoms with Crippen LogP contribution >= 0.6 is 0 Å². The van der Waals surface area contributed by atoms with Crippen LogP contribution < -0.4 is 24.8 Å². The number of rotatable bonds is 1. The van der Waals surface area contributed by atoms with Gasteiger partial charge in [-0.05, 0) is 37.0 Å². The number of hydrogen-bond donors (Lipinski definition) is 0. The summed E-state index contributed by atoms with van der Waals surface area (Å²) in [5, 5.41) is 2.66. The predicted octanol–water partition coefficient (Wildman–Crippen LogP) is 4.19. The van der Waals surface area contributed by atoms with Crippen molar-refractivity contribution < 1.29 is 49.0 Å². The Labute approximate surface area is 281 Å². The van der Waals surface area contributed by atoms with Crippen LogP contribution in [0.5, 0.6) is 0 Å². The molecular formula is C39H42Cl2Zr-2. The summed E-state index contributed by atoms with van der Waals surface area (Å²) in [6.45, 7) is 19.7. The second kappa shape index (κ2) is 15.1. The van der Waals surface area contributed by atoms with Gasteiger partial charge < -0.3 is 24.8 Å². The first kappa shape index (κ1) is 36.1. The molecule has 0 saturated carbocycles. The zero-order valence-electron chi connectivity index (χ0n) is 26.5. The van der Waals surface area contributed by atoms with Crippen molar-refractivity contribution in [2.45, 2.75) is 68.7 Å². The van der Waals surface area contributed by atoms with E-state index in [1.807, 2.05) is 0 Å². The Morgan fingerprint density at radius 1 is 0.810 bits per heavy atom. The largest absolute Gasteiger partial charge is 1.00 e. The predicted molar refractivity (Wildman–Crippen MR) is 171 cm³/mol. The Morgan fingerprint density at radius 3 is 2.00 bits per heavy atom. The Morgan fingerprint density at radius 2 is 1.43 bits per heavy atom. The number of hydrogen-bond acceptors (Lipinski definition) is 0. The molecule has 0 amide bonds. The SMILES string of the molecule is CC1[C-]=CC(C(C)(C)C)=C1.C[C](=[Zr+2])c1ccc2ccccc2c1.Cc1[c-]c2c(cc1C)-c1cc(C)c(C)cc1C2.[Cl-].[Cl-]. The molecule has 2 aliphatic carbocycles. The van der Waals surface area contributed by atoms with Crippen LogP contribution in [-0.2, 0) is 30.7 Å². The van der Waals surface area contributed by atoms with Gasteiger partial charge in [0.15, 0.2) is 0 Å². The molecule has 4 aromatic rings. The van der Waals surface area contributed by atoms with E-state index in [1.165, 1.54) is 93.9 Å². The maximum Gasteiger partial charge on any atom is -0.0253 e. The second-order valence-electron chi connectivity index (χ2n) is 12.4. The minimum absolute atomic E-state index is 0. The Hall–Kier alpha value is -2.05. The first-order valence-electron chi connectivity index (χ1n) is 14.3. The third-order valence-electron chi connectivity index (χ3n) is 7.97. The first-order valence-corrected chi connectivity index (χ1v) is 15.5. The van der Waals surface area contributed by atoms with Gasteiger partial charge in [-0.1, -0.05) is 70.6 Å². The van der Waals surface area contributed by atoms with Crippen molar-refractivity contribution in [2.24, 2.45) is 11.3 Å². The Kier molecular flexibility index (Phi) is 13.0. The van der Waals surface area contributed by atoms with Gasteiger partial charge in [0.2, 0.25) is 0 Å². The third kappa shape index (κ3) is 8.75. The van der Waals surface area contributed by atoms with E-state index in [-0.39, 0.29) is 24.8 Å². The monoisotopic (exact) mass is 670 g/mol. The molecule has 218 valence electrons. The van der Waals surface area contributed by atoms with Crippen molar-refractivity contribution in [3.63, 3.8) is 0 Å². The number of halogens is 2. The van der Waals surface area contributed by atoms with Crippen LogP contribution in [0.4, 0.5) is 0 Å². The van der Waals surface area contributed by atoms with Crippen molar-refractivity contribution in [1.82, 2.24) is 0 Å². The zero-order valence-corrected chi connectivity index (χ0v) is 30.4. The van der Waals surface area contributed by atoms with Crippen molar-refractivity contribution in [3.8, 4) is 11.1 Å². The van der Waals surface area contributed by atoms with Gasteiger partial charge in [-0.15, -0.1) is 11.1 Å². The van der Waals surface area contributed by atoms with Crippen molar-refractivity contribution in [3.05, 3.63) is 129 Å². The maximum absolute atomic E-state index is 3.54. The van der Waals surface area contributed by atoms with E-state index in [0.717, 1.165) is 6.42 Å². The van der Waals surface area contributed by atoms with Gasteiger partial charge in [0.25, 0.3) is 0 Å². The molecule has 4 aromatic carbocycles. The van der Waals surface area contributed by atoms with E-state index in [0.29, 0.717) is 11.3 Å². The molecule has 3 heteroatoms. The summed E-state index contributed by atoms with van der Waals surface area (Å²) < 4.78 is 1.46. The van der Waals surface area contributed by atoms with Crippen LogP contribution in [0.15, 0.2) is 78.4 Å². The normalized spacial score (nSPS) is 14.3. The number of aryl methyl sites for hydroxylation is 4. The fourth-order valence-corrected chi connectivity index (χ4v) is 5.51. The van der Waals surface area contributed by atoms with Crippen molar-refractivity contribution in [2.75, 3.05) is 0 Å². The summed E-state index contributed by atoms with van der Waals surface area (Å²) in [5.41, 5.74) is 14.1. The van der Waals surface area contributed by atoms with Crippen molar-refractivity contribution >= 4 is 14.0 Å². The van der Waals surface area contributed by atoms with Gasteiger partial charge in [-0.25, -0.2) is 6.08 Å². The van der Waals surface area contributed by atoms with Crippen LogP contribution in [0.1, 0.15) is 73.6 Å². The molecule has 0 aliphatic heterocycles. The van der Waals surface area contributed by atoms with Crippen LogP contribution in [0.3, 0.4) is 0 Å². The van der Waals surface area contributed by atoms with E-state index in [4.69, 9.17) is 0 Å². The molecule has 0 nitrogen and oxygen atoms in total. The molecule has 1 atom stereocenters. The van der Waals surface area contributed by atoms with E-state index in [9.17, 15) is 0 Å². The molecule has 0 saturated heterocycles. The summed E-state index contributed by atoms with van der Waals surface area (Å²) in [4.78, 5) is 0. The Bertz CT molecular complexity index is 1580. The van der Waals surface area contributed by atoms with Crippen molar-refractivity contribution in [1.29, 1.82) is 0 Å². The fourth-order valence-electron chi connectivity index (χ4n) is 5.12. The molecular weight excluding hydrogens is 631 g/mol. The zero-order chi connectivity index (χ0) is 29.2. The molecule has 6 rings (SSSR count). The molecule has 0 bridgehead atoms. The Balaban J connectivity index is 0.000000223. The molecule has 42 heavy (non-hydrogen) atoms. The van der Waals surface area contributed by atoms with Crippen LogP contribution in [0, 0.1) is 51.2 Å². The number of benzene rings is 4. The summed E-state index contributed by atoms with van der Waals surface area (Å²) in [5.74, 6) is 0.522. The van der Waals surface area contributed by atoms with Crippen LogP contribution in [-0.4, -0.2) is 3.21 Å². The van der Waals surface area contributed by atoms with Gasteiger partial charge >= 0.3 is 93.2 Å². The molecule has 0 N–H and O–H groups in total. The van der Waals surface area contributed by atoms with E-state index < -0.39 is 0 Å². The number of fused-ring (bicyclic) bond motifs is 4. The molecule has 0 fully saturated rings. The standard InChI is InChI=1S/C17H17.C12H10.C10H15.2ClH.Zr/c1-10-5-14-9-15-6-11(2)13(4)8-17(15)16(14)7-12(10)3;1-2-10-7-8-11-5-3-4-6-12(11)9-10;1-8-5-6-9(7-8)10(2,3)4;;;/h5,7-8H,9H2,1-4H3;3-9H,1H3;6-8H,1-4H3;2*1H;/q-1;;-1;;;+2/p-2. The van der Waals surface area contributed by atoms with Crippen LogP contribution in [0.2, 0.25) is 0 Å². The molecule has 0 radical (unpaired) electrons. The minimum Gasteiger partial charge on any atom is -1.00 e. The average molecular weight is 673 g/mol. The van der Waals surface area contributed by atoms with E-state index in [1.54, 1.807) is 0 Å². The quantitative estimate of drug-likeness (QED) is 0.235. The summed E-state index contributed by atoms with van der Waals surface area (Å²) in [6, 6.07) is 25.7.